The van der Waals surface area contributed by atoms with Gasteiger partial charge < -0.3 is 19.7 Å². The minimum atomic E-state index is -0.299. The van der Waals surface area contributed by atoms with Crippen LogP contribution in [-0.2, 0) is 16.1 Å². The molecule has 1 aliphatic rings. The van der Waals surface area contributed by atoms with Crippen LogP contribution >= 0.6 is 0 Å². The van der Waals surface area contributed by atoms with Gasteiger partial charge in [0.05, 0.1) is 26.1 Å². The van der Waals surface area contributed by atoms with Crippen LogP contribution in [0.2, 0.25) is 0 Å². The van der Waals surface area contributed by atoms with Crippen molar-refractivity contribution in [1.82, 2.24) is 4.90 Å². The molecule has 1 fully saturated rings. The van der Waals surface area contributed by atoms with Crippen molar-refractivity contribution in [2.45, 2.75) is 32.9 Å². The Hall–Kier alpha value is -3.02. The fourth-order valence-corrected chi connectivity index (χ4v) is 3.41. The maximum absolute atomic E-state index is 13.0. The summed E-state index contributed by atoms with van der Waals surface area (Å²) in [6, 6.07) is 15.2. The van der Waals surface area contributed by atoms with Gasteiger partial charge in [-0.2, -0.15) is 0 Å². The molecule has 6 heteroatoms. The molecule has 0 radical (unpaired) electrons. The first kappa shape index (κ1) is 20.7. The van der Waals surface area contributed by atoms with Crippen LogP contribution in [0.3, 0.4) is 0 Å². The molecular weight excluding hydrogens is 368 g/mol. The van der Waals surface area contributed by atoms with Gasteiger partial charge in [0.2, 0.25) is 11.8 Å². The smallest absolute Gasteiger partial charge is 0.228 e. The lowest BCUT2D eigenvalue weighted by atomic mass is 10.1. The Kier molecular flexibility index (Phi) is 6.42. The third-order valence-corrected chi connectivity index (χ3v) is 5.20. The molecule has 0 heterocycles. The molecule has 154 valence electrons. The zero-order valence-corrected chi connectivity index (χ0v) is 17.3. The number of anilines is 1. The molecule has 29 heavy (non-hydrogen) atoms. The quantitative estimate of drug-likeness (QED) is 0.739. The number of carbonyl (C=O) groups is 2. The van der Waals surface area contributed by atoms with Crippen molar-refractivity contribution in [3.8, 4) is 11.5 Å². The first-order valence-corrected chi connectivity index (χ1v) is 9.82. The number of hydrogen-bond donors (Lipinski definition) is 1. The molecule has 1 saturated carbocycles. The van der Waals surface area contributed by atoms with Gasteiger partial charge in [-0.05, 0) is 38.0 Å². The van der Waals surface area contributed by atoms with E-state index in [1.54, 1.807) is 32.4 Å². The number of carbonyl (C=O) groups excluding carboxylic acids is 2. The van der Waals surface area contributed by atoms with E-state index in [0.717, 1.165) is 5.56 Å². The predicted octanol–water partition coefficient (Wildman–Crippen LogP) is 3.72. The third kappa shape index (κ3) is 4.88. The summed E-state index contributed by atoms with van der Waals surface area (Å²) in [6.07, 6.45) is 0.579. The van der Waals surface area contributed by atoms with Crippen LogP contribution < -0.4 is 14.8 Å². The Labute approximate surface area is 171 Å². The van der Waals surface area contributed by atoms with Crippen LogP contribution in [-0.4, -0.2) is 37.0 Å². The van der Waals surface area contributed by atoms with Crippen molar-refractivity contribution in [3.63, 3.8) is 0 Å². The van der Waals surface area contributed by atoms with E-state index in [-0.39, 0.29) is 29.7 Å². The average Bonchev–Trinajstić information content (AvgIpc) is 3.53. The molecule has 2 amide bonds. The molecule has 0 saturated heterocycles. The van der Waals surface area contributed by atoms with Gasteiger partial charge in [0, 0.05) is 24.3 Å². The second-order valence-corrected chi connectivity index (χ2v) is 7.55. The molecule has 2 aromatic rings. The summed E-state index contributed by atoms with van der Waals surface area (Å²) >= 11 is 0. The SMILES string of the molecule is COc1ccc(NC(=O)C2CC2C(=O)N(Cc2ccccc2)C(C)C)cc1OC. The molecular formula is C23H28N2O4. The Bertz CT molecular complexity index is 866. The van der Waals surface area contributed by atoms with Crippen LogP contribution in [0.25, 0.3) is 0 Å². The lowest BCUT2D eigenvalue weighted by Crippen LogP contribution is -2.38. The van der Waals surface area contributed by atoms with Crippen molar-refractivity contribution in [2.75, 3.05) is 19.5 Å². The van der Waals surface area contributed by atoms with E-state index >= 15 is 0 Å². The van der Waals surface area contributed by atoms with E-state index in [1.165, 1.54) is 0 Å². The predicted molar refractivity (Wildman–Crippen MR) is 112 cm³/mol. The molecule has 1 N–H and O–H groups in total. The summed E-state index contributed by atoms with van der Waals surface area (Å²) < 4.78 is 10.5. The second kappa shape index (κ2) is 8.99. The zero-order valence-electron chi connectivity index (χ0n) is 17.3. The van der Waals surface area contributed by atoms with E-state index in [1.807, 2.05) is 49.1 Å². The summed E-state index contributed by atoms with van der Waals surface area (Å²) in [7, 11) is 3.11. The summed E-state index contributed by atoms with van der Waals surface area (Å²) in [5.41, 5.74) is 1.71. The van der Waals surface area contributed by atoms with Crippen molar-refractivity contribution in [2.24, 2.45) is 11.8 Å². The third-order valence-electron chi connectivity index (χ3n) is 5.20. The van der Waals surface area contributed by atoms with Gasteiger partial charge in [-0.25, -0.2) is 0 Å². The summed E-state index contributed by atoms with van der Waals surface area (Å²) in [4.78, 5) is 27.5. The normalized spacial score (nSPS) is 17.6. The summed E-state index contributed by atoms with van der Waals surface area (Å²) in [5.74, 6) is 0.477. The molecule has 6 nitrogen and oxygen atoms in total. The van der Waals surface area contributed by atoms with Crippen molar-refractivity contribution in [3.05, 3.63) is 54.1 Å². The van der Waals surface area contributed by atoms with Crippen LogP contribution in [0.1, 0.15) is 25.8 Å². The van der Waals surface area contributed by atoms with Gasteiger partial charge in [-0.1, -0.05) is 30.3 Å². The summed E-state index contributed by atoms with van der Waals surface area (Å²) in [6.45, 7) is 4.56. The molecule has 0 bridgehead atoms. The number of amides is 2. The molecule has 3 rings (SSSR count). The number of benzene rings is 2. The highest BCUT2D eigenvalue weighted by atomic mass is 16.5. The lowest BCUT2D eigenvalue weighted by Gasteiger charge is -2.27. The standard InChI is InChI=1S/C23H28N2O4/c1-15(2)25(14-16-8-6-5-7-9-16)23(27)19-13-18(19)22(26)24-17-10-11-20(28-3)21(12-17)29-4/h5-12,15,18-19H,13-14H2,1-4H3,(H,24,26). The minimum Gasteiger partial charge on any atom is -0.493 e. The minimum absolute atomic E-state index is 0.0383. The number of nitrogens with zero attached hydrogens (tertiary/aromatic N) is 1. The van der Waals surface area contributed by atoms with E-state index in [0.29, 0.717) is 30.2 Å². The highest BCUT2D eigenvalue weighted by Crippen LogP contribution is 2.42. The maximum Gasteiger partial charge on any atom is 0.228 e. The summed E-state index contributed by atoms with van der Waals surface area (Å²) in [5, 5.41) is 2.89. The van der Waals surface area contributed by atoms with Crippen LogP contribution in [0.5, 0.6) is 11.5 Å². The number of nitrogens with one attached hydrogen (secondary N) is 1. The molecule has 0 spiro atoms. The van der Waals surface area contributed by atoms with E-state index in [9.17, 15) is 9.59 Å². The van der Waals surface area contributed by atoms with Crippen molar-refractivity contribution < 1.29 is 19.1 Å². The highest BCUT2D eigenvalue weighted by Gasteiger charge is 2.49. The monoisotopic (exact) mass is 396 g/mol. The van der Waals surface area contributed by atoms with Gasteiger partial charge in [0.1, 0.15) is 0 Å². The molecule has 0 aliphatic heterocycles. The van der Waals surface area contributed by atoms with Crippen LogP contribution in [0, 0.1) is 11.8 Å². The zero-order chi connectivity index (χ0) is 21.0. The van der Waals surface area contributed by atoms with Crippen LogP contribution in [0.4, 0.5) is 5.69 Å². The number of ether oxygens (including phenoxy) is 2. The Morgan fingerprint density at radius 3 is 2.34 bits per heavy atom. The molecule has 2 aromatic carbocycles. The topological polar surface area (TPSA) is 67.9 Å². The fourth-order valence-electron chi connectivity index (χ4n) is 3.41. The maximum atomic E-state index is 13.0. The fraction of sp³-hybridized carbons (Fsp3) is 0.391. The molecule has 0 aromatic heterocycles. The molecule has 2 atom stereocenters. The van der Waals surface area contributed by atoms with Crippen LogP contribution in [0.15, 0.2) is 48.5 Å². The Balaban J connectivity index is 1.62. The highest BCUT2D eigenvalue weighted by molar-refractivity contribution is 5.99. The van der Waals surface area contributed by atoms with Gasteiger partial charge in [-0.15, -0.1) is 0 Å². The number of methoxy groups -OCH3 is 2. The van der Waals surface area contributed by atoms with Gasteiger partial charge in [0.25, 0.3) is 0 Å². The van der Waals surface area contributed by atoms with E-state index < -0.39 is 0 Å². The van der Waals surface area contributed by atoms with E-state index in [2.05, 4.69) is 5.32 Å². The largest absolute Gasteiger partial charge is 0.493 e. The van der Waals surface area contributed by atoms with E-state index in [4.69, 9.17) is 9.47 Å². The Morgan fingerprint density at radius 2 is 1.72 bits per heavy atom. The van der Waals surface area contributed by atoms with Crippen molar-refractivity contribution >= 4 is 17.5 Å². The molecule has 2 unspecified atom stereocenters. The number of rotatable bonds is 8. The first-order chi connectivity index (χ1) is 13.9. The van der Waals surface area contributed by atoms with Gasteiger partial charge in [-0.3, -0.25) is 9.59 Å². The second-order valence-electron chi connectivity index (χ2n) is 7.55. The Morgan fingerprint density at radius 1 is 1.03 bits per heavy atom. The average molecular weight is 396 g/mol. The molecule has 1 aliphatic carbocycles. The first-order valence-electron chi connectivity index (χ1n) is 9.82. The lowest BCUT2D eigenvalue weighted by molar-refractivity contribution is -0.136. The van der Waals surface area contributed by atoms with Gasteiger partial charge >= 0.3 is 0 Å². The number of hydrogen-bond acceptors (Lipinski definition) is 4. The van der Waals surface area contributed by atoms with Gasteiger partial charge in [0.15, 0.2) is 11.5 Å². The van der Waals surface area contributed by atoms with Crippen molar-refractivity contribution in [1.29, 1.82) is 0 Å².